The van der Waals surface area contributed by atoms with Gasteiger partial charge < -0.3 is 10.2 Å². The molecular formula is C16H27N2O+. The minimum Gasteiger partial charge on any atom is -0.352 e. The van der Waals surface area contributed by atoms with E-state index in [1.807, 2.05) is 24.3 Å². The highest BCUT2D eigenvalue weighted by Gasteiger charge is 2.14. The maximum Gasteiger partial charge on any atom is 0.251 e. The normalized spacial score (nSPS) is 11.7. The van der Waals surface area contributed by atoms with Gasteiger partial charge in [0.05, 0.1) is 20.6 Å². The number of benzene rings is 1. The molecule has 3 heteroatoms. The zero-order valence-corrected chi connectivity index (χ0v) is 12.8. The van der Waals surface area contributed by atoms with Crippen molar-refractivity contribution in [2.75, 3.05) is 27.2 Å². The van der Waals surface area contributed by atoms with Crippen molar-refractivity contribution >= 4 is 5.91 Å². The van der Waals surface area contributed by atoms with Crippen molar-refractivity contribution < 1.29 is 9.69 Å². The Morgan fingerprint density at radius 2 is 1.74 bits per heavy atom. The molecule has 0 spiro atoms. The van der Waals surface area contributed by atoms with E-state index in [0.717, 1.165) is 25.1 Å². The third kappa shape index (κ3) is 5.43. The average Bonchev–Trinajstić information content (AvgIpc) is 2.33. The number of carbonyl (C=O) groups is 1. The number of hydrogen-bond acceptors (Lipinski definition) is 1. The van der Waals surface area contributed by atoms with E-state index >= 15 is 0 Å². The lowest BCUT2D eigenvalue weighted by Crippen LogP contribution is -3.05. The van der Waals surface area contributed by atoms with E-state index in [0.29, 0.717) is 0 Å². The lowest BCUT2D eigenvalue weighted by Gasteiger charge is -2.19. The molecule has 0 aliphatic rings. The Morgan fingerprint density at radius 1 is 1.16 bits per heavy atom. The molecule has 0 aromatic heterocycles. The lowest BCUT2D eigenvalue weighted by molar-refractivity contribution is -0.858. The molecule has 1 aromatic rings. The van der Waals surface area contributed by atoms with E-state index in [2.05, 4.69) is 40.2 Å². The van der Waals surface area contributed by atoms with Gasteiger partial charge in [0.2, 0.25) is 0 Å². The number of quaternary nitrogens is 1. The molecule has 0 fully saturated rings. The second-order valence-electron chi connectivity index (χ2n) is 6.39. The fourth-order valence-corrected chi connectivity index (χ4v) is 1.87. The van der Waals surface area contributed by atoms with Gasteiger partial charge in [0, 0.05) is 18.5 Å². The number of carbonyl (C=O) groups excluding carboxylic acids is 1. The topological polar surface area (TPSA) is 33.5 Å². The molecule has 0 radical (unpaired) electrons. The number of nitrogens with one attached hydrogen (secondary N) is 2. The summed E-state index contributed by atoms with van der Waals surface area (Å²) in [5.41, 5.74) is 2.12. The molecule has 0 unspecified atom stereocenters. The molecule has 1 amide bonds. The van der Waals surface area contributed by atoms with Gasteiger partial charge in [-0.2, -0.15) is 0 Å². The van der Waals surface area contributed by atoms with E-state index in [4.69, 9.17) is 0 Å². The van der Waals surface area contributed by atoms with Crippen LogP contribution in [0.1, 0.15) is 43.1 Å². The highest BCUT2D eigenvalue weighted by Crippen LogP contribution is 2.22. The summed E-state index contributed by atoms with van der Waals surface area (Å²) in [5.74, 6) is 0.0224. The van der Waals surface area contributed by atoms with Crippen molar-refractivity contribution in [3.05, 3.63) is 35.4 Å². The van der Waals surface area contributed by atoms with Gasteiger partial charge in [-0.15, -0.1) is 0 Å². The Labute approximate surface area is 117 Å². The minimum absolute atomic E-state index is 0.0224. The van der Waals surface area contributed by atoms with E-state index in [1.54, 1.807) is 0 Å². The molecule has 19 heavy (non-hydrogen) atoms. The van der Waals surface area contributed by atoms with Crippen LogP contribution in [0.4, 0.5) is 0 Å². The van der Waals surface area contributed by atoms with Crippen LogP contribution in [-0.2, 0) is 5.41 Å². The van der Waals surface area contributed by atoms with Crippen LogP contribution in [0.5, 0.6) is 0 Å². The third-order valence-corrected chi connectivity index (χ3v) is 3.15. The Kier molecular flexibility index (Phi) is 5.55. The van der Waals surface area contributed by atoms with Gasteiger partial charge in [0.15, 0.2) is 0 Å². The molecule has 1 rings (SSSR count). The monoisotopic (exact) mass is 263 g/mol. The van der Waals surface area contributed by atoms with Crippen LogP contribution in [0, 0.1) is 0 Å². The smallest absolute Gasteiger partial charge is 0.251 e. The molecule has 0 aliphatic carbocycles. The van der Waals surface area contributed by atoms with Crippen LogP contribution >= 0.6 is 0 Å². The van der Waals surface area contributed by atoms with Gasteiger partial charge in [-0.05, 0) is 23.1 Å². The molecule has 3 nitrogen and oxygen atoms in total. The van der Waals surface area contributed by atoms with Gasteiger partial charge >= 0.3 is 0 Å². The maximum atomic E-state index is 11.9. The minimum atomic E-state index is 0.0224. The van der Waals surface area contributed by atoms with Crippen LogP contribution in [0.15, 0.2) is 24.3 Å². The first-order valence-electron chi connectivity index (χ1n) is 6.98. The van der Waals surface area contributed by atoms with Crippen LogP contribution in [0.3, 0.4) is 0 Å². The number of hydrogen-bond donors (Lipinski definition) is 2. The standard InChI is InChI=1S/C16H26N2O/c1-16(2,3)14-9-7-13(8-10-14)15(19)17-11-6-12-18(4)5/h7-10H,6,11-12H2,1-5H3,(H,17,19)/p+1. The Hall–Kier alpha value is -1.35. The predicted molar refractivity (Wildman–Crippen MR) is 79.8 cm³/mol. The Balaban J connectivity index is 2.49. The molecule has 0 aliphatic heterocycles. The molecule has 0 bridgehead atoms. The summed E-state index contributed by atoms with van der Waals surface area (Å²) in [5, 5.41) is 2.96. The van der Waals surface area contributed by atoms with Crippen molar-refractivity contribution in [3.63, 3.8) is 0 Å². The predicted octanol–water partition coefficient (Wildman–Crippen LogP) is 1.25. The molecule has 106 valence electrons. The van der Waals surface area contributed by atoms with Crippen LogP contribution < -0.4 is 10.2 Å². The van der Waals surface area contributed by atoms with Gasteiger partial charge in [-0.1, -0.05) is 32.9 Å². The quantitative estimate of drug-likeness (QED) is 0.770. The number of amides is 1. The Bertz CT molecular complexity index is 402. The zero-order chi connectivity index (χ0) is 14.5. The average molecular weight is 263 g/mol. The third-order valence-electron chi connectivity index (χ3n) is 3.15. The number of rotatable bonds is 5. The summed E-state index contributed by atoms with van der Waals surface area (Å²) in [6.07, 6.45) is 1.01. The van der Waals surface area contributed by atoms with Crippen molar-refractivity contribution in [1.82, 2.24) is 5.32 Å². The van der Waals surface area contributed by atoms with E-state index < -0.39 is 0 Å². The van der Waals surface area contributed by atoms with Gasteiger partial charge in [0.25, 0.3) is 5.91 Å². The lowest BCUT2D eigenvalue weighted by atomic mass is 9.87. The maximum absolute atomic E-state index is 11.9. The van der Waals surface area contributed by atoms with E-state index in [1.165, 1.54) is 10.5 Å². The molecule has 0 saturated carbocycles. The van der Waals surface area contributed by atoms with E-state index in [9.17, 15) is 4.79 Å². The highest BCUT2D eigenvalue weighted by atomic mass is 16.1. The molecule has 1 aromatic carbocycles. The summed E-state index contributed by atoms with van der Waals surface area (Å²) in [7, 11) is 4.24. The van der Waals surface area contributed by atoms with Crippen molar-refractivity contribution in [3.8, 4) is 0 Å². The van der Waals surface area contributed by atoms with Crippen LogP contribution in [0.25, 0.3) is 0 Å². The highest BCUT2D eigenvalue weighted by molar-refractivity contribution is 5.94. The second-order valence-corrected chi connectivity index (χ2v) is 6.39. The summed E-state index contributed by atoms with van der Waals surface area (Å²) in [4.78, 5) is 13.3. The van der Waals surface area contributed by atoms with Crippen molar-refractivity contribution in [2.24, 2.45) is 0 Å². The van der Waals surface area contributed by atoms with Crippen LogP contribution in [0.2, 0.25) is 0 Å². The summed E-state index contributed by atoms with van der Waals surface area (Å²) < 4.78 is 0. The fraction of sp³-hybridized carbons (Fsp3) is 0.562. The molecule has 0 saturated heterocycles. The van der Waals surface area contributed by atoms with Gasteiger partial charge in [-0.25, -0.2) is 0 Å². The molecular weight excluding hydrogens is 236 g/mol. The van der Waals surface area contributed by atoms with Crippen molar-refractivity contribution in [2.45, 2.75) is 32.6 Å². The molecule has 2 N–H and O–H groups in total. The zero-order valence-electron chi connectivity index (χ0n) is 12.8. The fourth-order valence-electron chi connectivity index (χ4n) is 1.87. The van der Waals surface area contributed by atoms with E-state index in [-0.39, 0.29) is 11.3 Å². The molecule has 0 heterocycles. The largest absolute Gasteiger partial charge is 0.352 e. The Morgan fingerprint density at radius 3 is 2.21 bits per heavy atom. The first-order chi connectivity index (χ1) is 8.80. The SMILES string of the molecule is C[NH+](C)CCCNC(=O)c1ccc(C(C)(C)C)cc1. The first-order valence-corrected chi connectivity index (χ1v) is 6.98. The van der Waals surface area contributed by atoms with Crippen LogP contribution in [-0.4, -0.2) is 33.1 Å². The summed E-state index contributed by atoms with van der Waals surface area (Å²) >= 11 is 0. The van der Waals surface area contributed by atoms with Gasteiger partial charge in [0.1, 0.15) is 0 Å². The second kappa shape index (κ2) is 6.71. The molecule has 0 atom stereocenters. The van der Waals surface area contributed by atoms with Gasteiger partial charge in [-0.3, -0.25) is 4.79 Å². The summed E-state index contributed by atoms with van der Waals surface area (Å²) in [6, 6.07) is 7.90. The first kappa shape index (κ1) is 15.7. The van der Waals surface area contributed by atoms with Crippen molar-refractivity contribution in [1.29, 1.82) is 0 Å². The summed E-state index contributed by atoms with van der Waals surface area (Å²) in [6.45, 7) is 8.33.